The molecule has 0 spiro atoms. The molecular weight excluding hydrogens is 344 g/mol. The lowest BCUT2D eigenvalue weighted by atomic mass is 9.75. The second-order valence-electron chi connectivity index (χ2n) is 11.0. The van der Waals surface area contributed by atoms with Crippen molar-refractivity contribution in [2.75, 3.05) is 13.1 Å². The summed E-state index contributed by atoms with van der Waals surface area (Å²) >= 11 is 0. The molecule has 0 atom stereocenters. The van der Waals surface area contributed by atoms with E-state index >= 15 is 0 Å². The second kappa shape index (κ2) is 6.56. The minimum Gasteiger partial charge on any atom is -0.444 e. The third-order valence-electron chi connectivity index (χ3n) is 5.90. The van der Waals surface area contributed by atoms with Gasteiger partial charge in [-0.25, -0.2) is 9.59 Å². The van der Waals surface area contributed by atoms with Gasteiger partial charge < -0.3 is 19.3 Å². The number of hydrogen-bond donors (Lipinski definition) is 0. The van der Waals surface area contributed by atoms with Crippen LogP contribution in [0, 0.1) is 11.8 Å². The number of hydrogen-bond acceptors (Lipinski definition) is 4. The molecule has 0 radical (unpaired) electrons. The van der Waals surface area contributed by atoms with E-state index in [1.807, 2.05) is 51.3 Å². The van der Waals surface area contributed by atoms with E-state index in [2.05, 4.69) is 6.92 Å². The highest BCUT2D eigenvalue weighted by Gasteiger charge is 2.55. The molecule has 4 aliphatic heterocycles. The van der Waals surface area contributed by atoms with Gasteiger partial charge in [0.1, 0.15) is 11.2 Å². The molecule has 0 N–H and O–H groups in total. The third-order valence-corrected chi connectivity index (χ3v) is 5.90. The lowest BCUT2D eigenvalue weighted by molar-refractivity contribution is 0.0108. The van der Waals surface area contributed by atoms with E-state index in [4.69, 9.17) is 9.47 Å². The van der Waals surface area contributed by atoms with Crippen LogP contribution in [-0.4, -0.2) is 57.9 Å². The van der Waals surface area contributed by atoms with Crippen LogP contribution in [-0.2, 0) is 9.47 Å². The number of rotatable bonds is 0. The quantitative estimate of drug-likeness (QED) is 0.624. The Morgan fingerprint density at radius 3 is 1.74 bits per heavy atom. The molecule has 0 unspecified atom stereocenters. The first-order chi connectivity index (χ1) is 12.3. The Morgan fingerprint density at radius 2 is 1.37 bits per heavy atom. The molecule has 6 rings (SSSR count). The number of nitrogens with zero attached hydrogens (tertiary/aromatic N) is 2. The van der Waals surface area contributed by atoms with Gasteiger partial charge in [-0.1, -0.05) is 0 Å². The van der Waals surface area contributed by atoms with Crippen molar-refractivity contribution in [3.8, 4) is 0 Å². The first kappa shape index (κ1) is 20.3. The Bertz CT molecular complexity index is 592. The predicted octanol–water partition coefficient (Wildman–Crippen LogP) is 4.42. The van der Waals surface area contributed by atoms with Crippen LogP contribution in [0.15, 0.2) is 0 Å². The fourth-order valence-corrected chi connectivity index (χ4v) is 4.70. The predicted molar refractivity (Wildman–Crippen MR) is 104 cm³/mol. The summed E-state index contributed by atoms with van der Waals surface area (Å²) in [6.45, 7) is 15.4. The van der Waals surface area contributed by atoms with Crippen molar-refractivity contribution in [1.29, 1.82) is 0 Å². The summed E-state index contributed by atoms with van der Waals surface area (Å²) in [5.74, 6) is 1.49. The topological polar surface area (TPSA) is 59.1 Å². The van der Waals surface area contributed by atoms with Gasteiger partial charge in [0.25, 0.3) is 0 Å². The van der Waals surface area contributed by atoms with Crippen molar-refractivity contribution < 1.29 is 19.1 Å². The molecule has 6 heteroatoms. The Morgan fingerprint density at radius 1 is 0.852 bits per heavy atom. The Labute approximate surface area is 163 Å². The molecule has 6 nitrogen and oxygen atoms in total. The van der Waals surface area contributed by atoms with Gasteiger partial charge in [-0.3, -0.25) is 0 Å². The van der Waals surface area contributed by atoms with E-state index in [1.165, 1.54) is 12.8 Å². The minimum atomic E-state index is -0.375. The summed E-state index contributed by atoms with van der Waals surface area (Å²) in [5, 5.41) is 0. The Kier molecular flexibility index (Phi) is 4.92. The van der Waals surface area contributed by atoms with Gasteiger partial charge >= 0.3 is 12.2 Å². The van der Waals surface area contributed by atoms with Crippen LogP contribution in [0.5, 0.6) is 0 Å². The molecule has 4 bridgehead atoms. The molecular formula is C21H36N2O4. The van der Waals surface area contributed by atoms with Gasteiger partial charge in [-0.05, 0) is 86.0 Å². The second-order valence-corrected chi connectivity index (χ2v) is 11.0. The van der Waals surface area contributed by atoms with Crippen molar-refractivity contribution >= 4 is 12.2 Å². The maximum absolute atomic E-state index is 11.8. The molecule has 6 fully saturated rings. The summed E-state index contributed by atoms with van der Waals surface area (Å²) < 4.78 is 10.7. The van der Waals surface area contributed by atoms with Crippen molar-refractivity contribution in [2.24, 2.45) is 11.8 Å². The van der Waals surface area contributed by atoms with E-state index in [-0.39, 0.29) is 28.9 Å². The zero-order chi connectivity index (χ0) is 20.2. The highest BCUT2D eigenvalue weighted by atomic mass is 16.6. The number of carbonyl (C=O) groups is 2. The van der Waals surface area contributed by atoms with Crippen LogP contribution in [0.2, 0.25) is 0 Å². The molecule has 4 heterocycles. The average Bonchev–Trinajstić information content (AvgIpc) is 3.09. The third kappa shape index (κ3) is 4.52. The number of carbonyl (C=O) groups excluding carboxylic acids is 2. The Balaban J connectivity index is 0.000000156. The molecule has 154 valence electrons. The molecule has 0 aromatic carbocycles. The van der Waals surface area contributed by atoms with Gasteiger partial charge in [-0.15, -0.1) is 0 Å². The van der Waals surface area contributed by atoms with Gasteiger partial charge in [0.15, 0.2) is 0 Å². The van der Waals surface area contributed by atoms with Crippen LogP contribution in [0.4, 0.5) is 9.59 Å². The fourth-order valence-electron chi connectivity index (χ4n) is 4.70. The van der Waals surface area contributed by atoms with Gasteiger partial charge in [0, 0.05) is 24.7 Å². The van der Waals surface area contributed by atoms with Crippen molar-refractivity contribution in [3.05, 3.63) is 0 Å². The van der Waals surface area contributed by atoms with Crippen LogP contribution >= 0.6 is 0 Å². The van der Waals surface area contributed by atoms with Crippen LogP contribution in [0.25, 0.3) is 0 Å². The first-order valence-electron chi connectivity index (χ1n) is 10.3. The smallest absolute Gasteiger partial charge is 0.410 e. The molecule has 0 aromatic rings. The summed E-state index contributed by atoms with van der Waals surface area (Å²) in [6.07, 6.45) is 4.44. The Hall–Kier alpha value is -1.46. The zero-order valence-electron chi connectivity index (χ0n) is 18.0. The van der Waals surface area contributed by atoms with Crippen molar-refractivity contribution in [1.82, 2.24) is 9.80 Å². The van der Waals surface area contributed by atoms with Crippen LogP contribution in [0.3, 0.4) is 0 Å². The molecule has 2 amide bonds. The van der Waals surface area contributed by atoms with Gasteiger partial charge in [0.2, 0.25) is 0 Å². The number of fused-ring (bicyclic) bond motifs is 2. The van der Waals surface area contributed by atoms with E-state index in [0.29, 0.717) is 6.04 Å². The molecule has 6 aliphatic rings. The minimum absolute atomic E-state index is 0.104. The van der Waals surface area contributed by atoms with Gasteiger partial charge in [-0.2, -0.15) is 0 Å². The first-order valence-corrected chi connectivity index (χ1v) is 10.3. The molecule has 0 aromatic heterocycles. The molecule has 4 saturated heterocycles. The standard InChI is InChI=1S/C11H19NO2.C10H17NO2/c1-10(2,3)14-9(13)12-7-8-5-11(12,4)6-8;1-10(2,3)13-9(12)11-6-7-4-8(11)5-7/h8H,5-7H2,1-4H3;7-8H,4-6H2,1-3H3. The SMILES string of the molecule is CC(C)(C)OC(=O)N1CC2CC1(C)C2.CC(C)(C)OC(=O)N1CC2CC1C2. The maximum atomic E-state index is 11.8. The van der Waals surface area contributed by atoms with E-state index in [0.717, 1.165) is 37.8 Å². The molecule has 2 saturated carbocycles. The highest BCUT2D eigenvalue weighted by Crippen LogP contribution is 2.50. The number of amides is 2. The molecule has 27 heavy (non-hydrogen) atoms. The monoisotopic (exact) mass is 380 g/mol. The fraction of sp³-hybridized carbons (Fsp3) is 0.905. The lowest BCUT2D eigenvalue weighted by Crippen LogP contribution is -2.47. The summed E-state index contributed by atoms with van der Waals surface area (Å²) in [7, 11) is 0. The zero-order valence-corrected chi connectivity index (χ0v) is 18.0. The molecule has 2 aliphatic carbocycles. The van der Waals surface area contributed by atoms with E-state index in [1.54, 1.807) is 0 Å². The van der Waals surface area contributed by atoms with Crippen molar-refractivity contribution in [3.63, 3.8) is 0 Å². The number of ether oxygens (including phenoxy) is 2. The maximum Gasteiger partial charge on any atom is 0.410 e. The van der Waals surface area contributed by atoms with E-state index < -0.39 is 0 Å². The average molecular weight is 381 g/mol. The van der Waals surface area contributed by atoms with Crippen LogP contribution < -0.4 is 0 Å². The van der Waals surface area contributed by atoms with E-state index in [9.17, 15) is 9.59 Å². The van der Waals surface area contributed by atoms with Gasteiger partial charge in [0.05, 0.1) is 0 Å². The highest BCUT2D eigenvalue weighted by molar-refractivity contribution is 5.70. The largest absolute Gasteiger partial charge is 0.444 e. The normalized spacial score (nSPS) is 33.5. The summed E-state index contributed by atoms with van der Waals surface area (Å²) in [6, 6.07) is 0.486. The van der Waals surface area contributed by atoms with Crippen molar-refractivity contribution in [2.45, 2.75) is 96.9 Å². The summed E-state index contributed by atoms with van der Waals surface area (Å²) in [4.78, 5) is 27.2. The summed E-state index contributed by atoms with van der Waals surface area (Å²) in [5.41, 5.74) is -0.628. The lowest BCUT2D eigenvalue weighted by Gasteiger charge is -2.38. The van der Waals surface area contributed by atoms with Crippen LogP contribution in [0.1, 0.15) is 74.1 Å².